The smallest absolute Gasteiger partial charge is 0.380 e. The molecule has 0 saturated carbocycles. The summed E-state index contributed by atoms with van der Waals surface area (Å²) in [6.07, 6.45) is 0.316. The third-order valence-corrected chi connectivity index (χ3v) is 1.34. The fourth-order valence-corrected chi connectivity index (χ4v) is 0.720. The molecule has 0 saturated heterocycles. The largest absolute Gasteiger partial charge is 0.425 e. The molecule has 0 aromatic heterocycles. The van der Waals surface area contributed by atoms with Crippen molar-refractivity contribution >= 4 is 6.09 Å². The van der Waals surface area contributed by atoms with Crippen LogP contribution in [0.5, 0.6) is 0 Å². The summed E-state index contributed by atoms with van der Waals surface area (Å²) >= 11 is 0. The van der Waals surface area contributed by atoms with E-state index in [1.54, 1.807) is 0 Å². The second kappa shape index (κ2) is 9.24. The van der Waals surface area contributed by atoms with Gasteiger partial charge >= 0.3 is 6.09 Å². The van der Waals surface area contributed by atoms with Crippen LogP contribution < -0.4 is 16.5 Å². The summed E-state index contributed by atoms with van der Waals surface area (Å²) in [4.78, 5) is 14.3. The van der Waals surface area contributed by atoms with E-state index in [2.05, 4.69) is 21.4 Å². The van der Waals surface area contributed by atoms with Crippen molar-refractivity contribution in [2.24, 2.45) is 5.90 Å². The van der Waals surface area contributed by atoms with Gasteiger partial charge in [-0.05, 0) is 20.0 Å². The topological polar surface area (TPSA) is 85.6 Å². The molecule has 6 nitrogen and oxygen atoms in total. The maximum Gasteiger partial charge on any atom is 0.425 e. The van der Waals surface area contributed by atoms with Gasteiger partial charge in [-0.25, -0.2) is 4.79 Å². The molecular formula is C7H17N3O3. The zero-order valence-electron chi connectivity index (χ0n) is 7.84. The monoisotopic (exact) mass is 191 g/mol. The molecule has 0 fully saturated rings. The molecule has 0 aliphatic rings. The van der Waals surface area contributed by atoms with Gasteiger partial charge in [-0.3, -0.25) is 0 Å². The highest BCUT2D eigenvalue weighted by Gasteiger charge is 1.96. The normalized spacial score (nSPS) is 9.69. The van der Waals surface area contributed by atoms with Crippen molar-refractivity contribution in [1.29, 1.82) is 0 Å². The van der Waals surface area contributed by atoms with E-state index in [-0.39, 0.29) is 0 Å². The fraction of sp³-hybridized carbons (Fsp3) is 0.857. The van der Waals surface area contributed by atoms with Crippen molar-refractivity contribution in [1.82, 2.24) is 10.6 Å². The van der Waals surface area contributed by atoms with Crippen LogP contribution in [0.4, 0.5) is 4.79 Å². The second-order valence-electron chi connectivity index (χ2n) is 2.40. The lowest BCUT2D eigenvalue weighted by molar-refractivity contribution is 0.121. The molecule has 1 amide bonds. The first-order chi connectivity index (χ1) is 6.31. The first-order valence-corrected chi connectivity index (χ1v) is 4.18. The molecule has 0 spiro atoms. The maximum absolute atomic E-state index is 10.4. The van der Waals surface area contributed by atoms with Gasteiger partial charge in [0.1, 0.15) is 0 Å². The number of ether oxygens (including phenoxy) is 1. The van der Waals surface area contributed by atoms with Crippen molar-refractivity contribution < 1.29 is 14.4 Å². The number of carbonyl (C=O) groups is 1. The van der Waals surface area contributed by atoms with Crippen molar-refractivity contribution in [3.05, 3.63) is 0 Å². The van der Waals surface area contributed by atoms with E-state index in [4.69, 9.17) is 4.74 Å². The van der Waals surface area contributed by atoms with Crippen LogP contribution in [-0.4, -0.2) is 39.4 Å². The minimum atomic E-state index is -0.640. The molecule has 13 heavy (non-hydrogen) atoms. The van der Waals surface area contributed by atoms with E-state index in [0.29, 0.717) is 19.8 Å². The highest BCUT2D eigenvalue weighted by Crippen LogP contribution is 1.79. The summed E-state index contributed by atoms with van der Waals surface area (Å²) in [5, 5.41) is 5.40. The van der Waals surface area contributed by atoms with Crippen LogP contribution in [0.25, 0.3) is 0 Å². The van der Waals surface area contributed by atoms with Crippen LogP contribution >= 0.6 is 0 Å². The number of carbonyl (C=O) groups excluding carboxylic acids is 1. The molecule has 0 radical (unpaired) electrons. The highest BCUT2D eigenvalue weighted by atomic mass is 16.7. The number of hydrogen-bond donors (Lipinski definition) is 3. The lowest BCUT2D eigenvalue weighted by Gasteiger charge is -2.04. The van der Waals surface area contributed by atoms with Crippen LogP contribution in [0, 0.1) is 0 Å². The molecule has 0 atom stereocenters. The molecule has 0 heterocycles. The molecule has 6 heteroatoms. The number of hydrogen-bond acceptors (Lipinski definition) is 5. The predicted molar refractivity (Wildman–Crippen MR) is 48.0 cm³/mol. The van der Waals surface area contributed by atoms with Crippen molar-refractivity contribution in [2.75, 3.05) is 33.4 Å². The SMILES string of the molecule is CNCCCOCCNC(=O)ON. The molecular weight excluding hydrogens is 174 g/mol. The Labute approximate surface area is 77.7 Å². The van der Waals surface area contributed by atoms with Crippen LogP contribution in [0.2, 0.25) is 0 Å². The van der Waals surface area contributed by atoms with Gasteiger partial charge in [0.2, 0.25) is 0 Å². The first kappa shape index (κ1) is 12.2. The Morgan fingerprint density at radius 2 is 2.15 bits per heavy atom. The zero-order chi connectivity index (χ0) is 9.94. The Kier molecular flexibility index (Phi) is 8.64. The third-order valence-electron chi connectivity index (χ3n) is 1.34. The Bertz CT molecular complexity index is 132. The van der Waals surface area contributed by atoms with E-state index < -0.39 is 6.09 Å². The number of rotatable bonds is 7. The third kappa shape index (κ3) is 9.06. The van der Waals surface area contributed by atoms with Gasteiger partial charge in [0.15, 0.2) is 0 Å². The summed E-state index contributed by atoms with van der Waals surface area (Å²) in [5.41, 5.74) is 0. The molecule has 78 valence electrons. The van der Waals surface area contributed by atoms with Gasteiger partial charge in [-0.1, -0.05) is 0 Å². The standard InChI is InChI=1S/C7H17N3O3/c1-9-3-2-5-12-6-4-10-7(11)13-8/h9H,2-6,8H2,1H3,(H,10,11). The average molecular weight is 191 g/mol. The second-order valence-corrected chi connectivity index (χ2v) is 2.40. The zero-order valence-corrected chi connectivity index (χ0v) is 7.84. The van der Waals surface area contributed by atoms with Gasteiger partial charge in [0, 0.05) is 13.2 Å². The molecule has 0 rings (SSSR count). The van der Waals surface area contributed by atoms with E-state index in [0.717, 1.165) is 13.0 Å². The van der Waals surface area contributed by atoms with Gasteiger partial charge in [0.05, 0.1) is 6.61 Å². The van der Waals surface area contributed by atoms with Gasteiger partial charge in [-0.2, -0.15) is 5.90 Å². The number of nitrogens with two attached hydrogens (primary N) is 1. The minimum absolute atomic E-state index is 0.412. The Morgan fingerprint density at radius 1 is 1.38 bits per heavy atom. The van der Waals surface area contributed by atoms with Crippen molar-refractivity contribution in [3.63, 3.8) is 0 Å². The van der Waals surface area contributed by atoms with Crippen molar-refractivity contribution in [3.8, 4) is 0 Å². The average Bonchev–Trinajstić information content (AvgIpc) is 2.16. The Morgan fingerprint density at radius 3 is 2.77 bits per heavy atom. The fourth-order valence-electron chi connectivity index (χ4n) is 0.720. The number of amides is 1. The molecule has 4 N–H and O–H groups in total. The van der Waals surface area contributed by atoms with E-state index in [1.165, 1.54) is 0 Å². The molecule has 0 bridgehead atoms. The van der Waals surface area contributed by atoms with Gasteiger partial charge in [0.25, 0.3) is 0 Å². The van der Waals surface area contributed by atoms with E-state index in [9.17, 15) is 4.79 Å². The summed E-state index contributed by atoms with van der Waals surface area (Å²) in [6.45, 7) is 2.49. The van der Waals surface area contributed by atoms with E-state index >= 15 is 0 Å². The van der Waals surface area contributed by atoms with Crippen LogP contribution in [0.3, 0.4) is 0 Å². The lowest BCUT2D eigenvalue weighted by atomic mass is 10.4. The Hall–Kier alpha value is -0.850. The number of nitrogens with one attached hydrogen (secondary N) is 2. The van der Waals surface area contributed by atoms with Gasteiger partial charge < -0.3 is 20.2 Å². The molecule has 0 unspecified atom stereocenters. The summed E-state index contributed by atoms with van der Waals surface area (Å²) in [6, 6.07) is 0. The summed E-state index contributed by atoms with van der Waals surface area (Å²) < 4.78 is 5.18. The van der Waals surface area contributed by atoms with Crippen LogP contribution in [0.15, 0.2) is 0 Å². The Balaban J connectivity index is 2.95. The van der Waals surface area contributed by atoms with Gasteiger partial charge in [-0.15, -0.1) is 0 Å². The predicted octanol–water partition coefficient (Wildman–Crippen LogP) is -0.788. The minimum Gasteiger partial charge on any atom is -0.380 e. The highest BCUT2D eigenvalue weighted by molar-refractivity contribution is 5.66. The molecule has 0 aromatic rings. The lowest BCUT2D eigenvalue weighted by Crippen LogP contribution is -2.30. The molecule has 0 aliphatic carbocycles. The quantitative estimate of drug-likeness (QED) is 0.363. The summed E-state index contributed by atoms with van der Waals surface area (Å²) in [7, 11) is 1.89. The van der Waals surface area contributed by atoms with Crippen LogP contribution in [0.1, 0.15) is 6.42 Å². The molecule has 0 aliphatic heterocycles. The van der Waals surface area contributed by atoms with E-state index in [1.807, 2.05) is 7.05 Å². The summed E-state index contributed by atoms with van der Waals surface area (Å²) in [5.74, 6) is 4.59. The van der Waals surface area contributed by atoms with Crippen molar-refractivity contribution in [2.45, 2.75) is 6.42 Å². The maximum atomic E-state index is 10.4. The molecule has 0 aromatic carbocycles. The first-order valence-electron chi connectivity index (χ1n) is 4.18. The van der Waals surface area contributed by atoms with Crippen LogP contribution in [-0.2, 0) is 9.57 Å².